The van der Waals surface area contributed by atoms with Crippen molar-refractivity contribution in [1.82, 2.24) is 0 Å². The lowest BCUT2D eigenvalue weighted by atomic mass is 10.1. The number of benzene rings is 3. The van der Waals surface area contributed by atoms with Gasteiger partial charge in [-0.1, -0.05) is 48.6 Å². The number of ether oxygens (including phenoxy) is 2. The van der Waals surface area contributed by atoms with Gasteiger partial charge in [-0.15, -0.1) is 0 Å². The fourth-order valence-electron chi connectivity index (χ4n) is 2.84. The Morgan fingerprint density at radius 1 is 0.690 bits per heavy atom. The molecule has 3 rings (SSSR count). The Morgan fingerprint density at radius 3 is 1.52 bits per heavy atom. The monoisotopic (exact) mass is 387 g/mol. The molecule has 0 aliphatic heterocycles. The lowest BCUT2D eigenvalue weighted by molar-refractivity contribution is -0.384. The number of nitro groups is 1. The first-order valence-corrected chi connectivity index (χ1v) is 9.02. The Balaban J connectivity index is 1.72. The van der Waals surface area contributed by atoms with Crippen LogP contribution in [0.1, 0.15) is 22.3 Å². The molecule has 0 radical (unpaired) electrons. The van der Waals surface area contributed by atoms with Gasteiger partial charge in [0.1, 0.15) is 11.5 Å². The lowest BCUT2D eigenvalue weighted by Crippen LogP contribution is -1.91. The van der Waals surface area contributed by atoms with E-state index in [-0.39, 0.29) is 5.69 Å². The van der Waals surface area contributed by atoms with Crippen molar-refractivity contribution in [2.75, 3.05) is 14.2 Å². The second-order valence-electron chi connectivity index (χ2n) is 6.26. The van der Waals surface area contributed by atoms with Gasteiger partial charge in [-0.05, 0) is 47.0 Å². The average Bonchev–Trinajstić information content (AvgIpc) is 2.76. The highest BCUT2D eigenvalue weighted by atomic mass is 16.6. The molecule has 5 nitrogen and oxygen atoms in total. The van der Waals surface area contributed by atoms with Gasteiger partial charge >= 0.3 is 0 Å². The van der Waals surface area contributed by atoms with Crippen LogP contribution in [0.4, 0.5) is 5.69 Å². The Hall–Kier alpha value is -3.86. The van der Waals surface area contributed by atoms with E-state index in [2.05, 4.69) is 0 Å². The van der Waals surface area contributed by atoms with Crippen molar-refractivity contribution in [2.45, 2.75) is 0 Å². The highest BCUT2D eigenvalue weighted by Gasteiger charge is 2.06. The minimum absolute atomic E-state index is 0.0879. The van der Waals surface area contributed by atoms with Gasteiger partial charge in [-0.3, -0.25) is 10.1 Å². The number of nitrogens with zero attached hydrogens (tertiary/aromatic N) is 1. The molecule has 0 heterocycles. The molecule has 0 aliphatic carbocycles. The van der Waals surface area contributed by atoms with E-state index in [0.29, 0.717) is 0 Å². The summed E-state index contributed by atoms with van der Waals surface area (Å²) < 4.78 is 10.8. The van der Waals surface area contributed by atoms with E-state index < -0.39 is 4.92 Å². The molecule has 3 aromatic carbocycles. The molecule has 29 heavy (non-hydrogen) atoms. The minimum atomic E-state index is -0.402. The van der Waals surface area contributed by atoms with Crippen molar-refractivity contribution >= 4 is 30.0 Å². The Kier molecular flexibility index (Phi) is 6.43. The molecule has 0 N–H and O–H groups in total. The Labute approximate surface area is 169 Å². The smallest absolute Gasteiger partial charge is 0.269 e. The standard InChI is InChI=1S/C24H21NO4/c1-28-23-4-3-5-24(29-2)22(23)17-14-19-9-6-18(7-10-19)8-11-20-12-15-21(16-13-20)25(26)27/h3-17H,1-2H3/b11-8+,17-14+. The third kappa shape index (κ3) is 5.11. The predicted molar refractivity (Wildman–Crippen MR) is 117 cm³/mol. The number of rotatable bonds is 7. The first-order chi connectivity index (χ1) is 14.1. The Bertz CT molecular complexity index is 1010. The van der Waals surface area contributed by atoms with Gasteiger partial charge in [0.25, 0.3) is 5.69 Å². The number of hydrogen-bond acceptors (Lipinski definition) is 4. The van der Waals surface area contributed by atoms with Crippen LogP contribution < -0.4 is 9.47 Å². The average molecular weight is 387 g/mol. The fourth-order valence-corrected chi connectivity index (χ4v) is 2.84. The van der Waals surface area contributed by atoms with E-state index in [0.717, 1.165) is 33.8 Å². The molecular weight excluding hydrogens is 366 g/mol. The Morgan fingerprint density at radius 2 is 1.10 bits per heavy atom. The number of methoxy groups -OCH3 is 2. The zero-order chi connectivity index (χ0) is 20.6. The molecule has 0 amide bonds. The largest absolute Gasteiger partial charge is 0.496 e. The SMILES string of the molecule is COc1cccc(OC)c1/C=C/c1ccc(/C=C/c2ccc([N+](=O)[O-])cc2)cc1. The van der Waals surface area contributed by atoms with E-state index in [1.807, 2.05) is 66.8 Å². The van der Waals surface area contributed by atoms with Crippen LogP contribution in [0.5, 0.6) is 11.5 Å². The maximum Gasteiger partial charge on any atom is 0.269 e. The molecular formula is C24H21NO4. The van der Waals surface area contributed by atoms with Crippen molar-refractivity contribution in [2.24, 2.45) is 0 Å². The second kappa shape index (κ2) is 9.37. The summed E-state index contributed by atoms with van der Waals surface area (Å²) in [5.74, 6) is 1.51. The first-order valence-electron chi connectivity index (χ1n) is 9.02. The van der Waals surface area contributed by atoms with Crippen LogP contribution in [0, 0.1) is 10.1 Å². The summed E-state index contributed by atoms with van der Waals surface area (Å²) in [6.45, 7) is 0. The summed E-state index contributed by atoms with van der Waals surface area (Å²) in [5.41, 5.74) is 3.97. The van der Waals surface area contributed by atoms with E-state index in [4.69, 9.17) is 9.47 Å². The predicted octanol–water partition coefficient (Wildman–Crippen LogP) is 5.95. The molecule has 0 bridgehead atoms. The van der Waals surface area contributed by atoms with Crippen molar-refractivity contribution < 1.29 is 14.4 Å². The topological polar surface area (TPSA) is 61.6 Å². The number of hydrogen-bond donors (Lipinski definition) is 0. The molecule has 5 heteroatoms. The van der Waals surface area contributed by atoms with Crippen molar-refractivity contribution in [3.8, 4) is 11.5 Å². The molecule has 0 saturated carbocycles. The van der Waals surface area contributed by atoms with E-state index >= 15 is 0 Å². The van der Waals surface area contributed by atoms with Crippen LogP contribution in [0.25, 0.3) is 24.3 Å². The highest BCUT2D eigenvalue weighted by molar-refractivity contribution is 5.77. The third-order valence-corrected chi connectivity index (χ3v) is 4.42. The van der Waals surface area contributed by atoms with Crippen LogP contribution in [-0.4, -0.2) is 19.1 Å². The van der Waals surface area contributed by atoms with Crippen molar-refractivity contribution in [1.29, 1.82) is 0 Å². The number of nitro benzene ring substituents is 1. The van der Waals surface area contributed by atoms with Crippen molar-refractivity contribution in [3.05, 3.63) is 99.1 Å². The lowest BCUT2D eigenvalue weighted by Gasteiger charge is -2.09. The fraction of sp³-hybridized carbons (Fsp3) is 0.0833. The molecule has 0 aromatic heterocycles. The molecule has 146 valence electrons. The molecule has 3 aromatic rings. The summed E-state index contributed by atoms with van der Waals surface area (Å²) in [7, 11) is 3.27. The molecule has 0 atom stereocenters. The van der Waals surface area contributed by atoms with E-state index in [1.165, 1.54) is 12.1 Å². The minimum Gasteiger partial charge on any atom is -0.496 e. The summed E-state index contributed by atoms with van der Waals surface area (Å²) >= 11 is 0. The summed E-state index contributed by atoms with van der Waals surface area (Å²) in [6.07, 6.45) is 7.87. The molecule has 0 unspecified atom stereocenters. The van der Waals surface area contributed by atoms with Gasteiger partial charge in [0.05, 0.1) is 24.7 Å². The molecule has 0 saturated heterocycles. The van der Waals surface area contributed by atoms with Crippen LogP contribution in [0.2, 0.25) is 0 Å². The van der Waals surface area contributed by atoms with Crippen LogP contribution in [0.3, 0.4) is 0 Å². The van der Waals surface area contributed by atoms with Gasteiger partial charge in [0, 0.05) is 12.1 Å². The van der Waals surface area contributed by atoms with E-state index in [9.17, 15) is 10.1 Å². The summed E-state index contributed by atoms with van der Waals surface area (Å²) in [4.78, 5) is 10.3. The number of non-ortho nitro benzene ring substituents is 1. The zero-order valence-electron chi connectivity index (χ0n) is 16.2. The van der Waals surface area contributed by atoms with Crippen LogP contribution in [-0.2, 0) is 0 Å². The molecule has 0 aliphatic rings. The van der Waals surface area contributed by atoms with Gasteiger partial charge in [0.15, 0.2) is 0 Å². The molecule has 0 spiro atoms. The molecule has 0 fully saturated rings. The quantitative estimate of drug-likeness (QED) is 0.285. The maximum atomic E-state index is 10.7. The highest BCUT2D eigenvalue weighted by Crippen LogP contribution is 2.30. The second-order valence-corrected chi connectivity index (χ2v) is 6.26. The van der Waals surface area contributed by atoms with Gasteiger partial charge in [0.2, 0.25) is 0 Å². The zero-order valence-corrected chi connectivity index (χ0v) is 16.2. The van der Waals surface area contributed by atoms with Crippen LogP contribution >= 0.6 is 0 Å². The van der Waals surface area contributed by atoms with Gasteiger partial charge in [-0.25, -0.2) is 0 Å². The van der Waals surface area contributed by atoms with Gasteiger partial charge in [-0.2, -0.15) is 0 Å². The van der Waals surface area contributed by atoms with Gasteiger partial charge < -0.3 is 9.47 Å². The normalized spacial score (nSPS) is 11.1. The summed E-state index contributed by atoms with van der Waals surface area (Å²) in [5, 5.41) is 10.7. The van der Waals surface area contributed by atoms with Crippen LogP contribution in [0.15, 0.2) is 66.7 Å². The third-order valence-electron chi connectivity index (χ3n) is 4.42. The summed E-state index contributed by atoms with van der Waals surface area (Å²) in [6, 6.07) is 20.2. The van der Waals surface area contributed by atoms with E-state index in [1.54, 1.807) is 26.4 Å². The first kappa shape index (κ1) is 19.9. The van der Waals surface area contributed by atoms with Crippen molar-refractivity contribution in [3.63, 3.8) is 0 Å². The maximum absolute atomic E-state index is 10.7.